The lowest BCUT2D eigenvalue weighted by Gasteiger charge is -1.97. The van der Waals surface area contributed by atoms with Crippen molar-refractivity contribution in [1.29, 1.82) is 5.26 Å². The third-order valence-electron chi connectivity index (χ3n) is 1.35. The fraction of sp³-hybridized carbons (Fsp3) is 0. The number of nitrogens with zero attached hydrogens (tertiary/aromatic N) is 2. The summed E-state index contributed by atoms with van der Waals surface area (Å²) in [7, 11) is 0. The van der Waals surface area contributed by atoms with E-state index < -0.39 is 0 Å². The highest BCUT2D eigenvalue weighted by molar-refractivity contribution is 6.34. The van der Waals surface area contributed by atoms with Crippen LogP contribution in [-0.4, -0.2) is 11.4 Å². The van der Waals surface area contributed by atoms with Crippen molar-refractivity contribution in [2.24, 2.45) is 5.16 Å². The van der Waals surface area contributed by atoms with Crippen molar-refractivity contribution in [1.82, 2.24) is 0 Å². The van der Waals surface area contributed by atoms with E-state index in [0.717, 1.165) is 0 Å². The van der Waals surface area contributed by atoms with Gasteiger partial charge in [0.1, 0.15) is 6.07 Å². The van der Waals surface area contributed by atoms with Crippen LogP contribution >= 0.6 is 11.6 Å². The van der Waals surface area contributed by atoms with Crippen molar-refractivity contribution < 1.29 is 5.21 Å². The van der Waals surface area contributed by atoms with Gasteiger partial charge in [0.25, 0.3) is 0 Å². The third-order valence-corrected chi connectivity index (χ3v) is 1.77. The van der Waals surface area contributed by atoms with Crippen LogP contribution in [0.1, 0.15) is 11.1 Å². The van der Waals surface area contributed by atoms with Crippen molar-refractivity contribution in [2.75, 3.05) is 0 Å². The first-order valence-corrected chi connectivity index (χ1v) is 3.53. The minimum Gasteiger partial charge on any atom is -0.411 e. The molecule has 0 saturated carbocycles. The Balaban J connectivity index is 3.25. The second kappa shape index (κ2) is 3.74. The van der Waals surface area contributed by atoms with Gasteiger partial charge in [-0.05, 0) is 6.07 Å². The molecule has 0 amide bonds. The minimum absolute atomic E-state index is 0.304. The van der Waals surface area contributed by atoms with E-state index in [-0.39, 0.29) is 0 Å². The Morgan fingerprint density at radius 1 is 1.58 bits per heavy atom. The summed E-state index contributed by atoms with van der Waals surface area (Å²) in [4.78, 5) is 0. The van der Waals surface area contributed by atoms with Gasteiger partial charge < -0.3 is 5.21 Å². The van der Waals surface area contributed by atoms with Gasteiger partial charge in [-0.1, -0.05) is 28.9 Å². The molecule has 0 bridgehead atoms. The Labute approximate surface area is 74.5 Å². The van der Waals surface area contributed by atoms with Gasteiger partial charge in [-0.15, -0.1) is 0 Å². The van der Waals surface area contributed by atoms with Crippen molar-refractivity contribution >= 4 is 17.8 Å². The summed E-state index contributed by atoms with van der Waals surface area (Å²) in [6.07, 6.45) is 1.18. The van der Waals surface area contributed by atoms with Crippen LogP contribution in [0.2, 0.25) is 5.02 Å². The molecular formula is C8H5ClN2O. The van der Waals surface area contributed by atoms with Crippen LogP contribution in [0, 0.1) is 11.3 Å². The van der Waals surface area contributed by atoms with Crippen LogP contribution in [-0.2, 0) is 0 Å². The maximum Gasteiger partial charge on any atom is 0.101 e. The molecule has 0 fully saturated rings. The van der Waals surface area contributed by atoms with Gasteiger partial charge in [-0.3, -0.25) is 0 Å². The highest BCUT2D eigenvalue weighted by Crippen LogP contribution is 2.18. The molecule has 0 aromatic heterocycles. The van der Waals surface area contributed by atoms with Gasteiger partial charge in [0.2, 0.25) is 0 Å². The maximum atomic E-state index is 8.57. The lowest BCUT2D eigenvalue weighted by Crippen LogP contribution is -1.86. The Kier molecular flexibility index (Phi) is 2.67. The first kappa shape index (κ1) is 8.57. The predicted molar refractivity (Wildman–Crippen MR) is 45.5 cm³/mol. The first-order valence-electron chi connectivity index (χ1n) is 3.15. The molecule has 0 spiro atoms. The topological polar surface area (TPSA) is 56.4 Å². The predicted octanol–water partition coefficient (Wildman–Crippen LogP) is 2.02. The van der Waals surface area contributed by atoms with Crippen molar-refractivity contribution in [3.05, 3.63) is 34.3 Å². The smallest absolute Gasteiger partial charge is 0.101 e. The fourth-order valence-corrected chi connectivity index (χ4v) is 1.02. The Hall–Kier alpha value is -1.53. The van der Waals surface area contributed by atoms with Crippen LogP contribution in [0.3, 0.4) is 0 Å². The van der Waals surface area contributed by atoms with E-state index in [9.17, 15) is 0 Å². The van der Waals surface area contributed by atoms with E-state index in [1.54, 1.807) is 18.2 Å². The summed E-state index contributed by atoms with van der Waals surface area (Å²) < 4.78 is 0. The number of benzene rings is 1. The average Bonchev–Trinajstić information content (AvgIpc) is 2.09. The Morgan fingerprint density at radius 2 is 2.33 bits per heavy atom. The molecule has 60 valence electrons. The SMILES string of the molecule is N#Cc1cccc(C=NO)c1Cl. The average molecular weight is 181 g/mol. The zero-order chi connectivity index (χ0) is 8.97. The van der Waals surface area contributed by atoms with Crippen LogP contribution in [0.5, 0.6) is 0 Å². The zero-order valence-electron chi connectivity index (χ0n) is 6.03. The summed E-state index contributed by atoms with van der Waals surface area (Å²) in [5.74, 6) is 0. The maximum absolute atomic E-state index is 8.57. The molecule has 1 N–H and O–H groups in total. The highest BCUT2D eigenvalue weighted by Gasteiger charge is 2.02. The largest absolute Gasteiger partial charge is 0.411 e. The molecule has 3 nitrogen and oxygen atoms in total. The second-order valence-corrected chi connectivity index (χ2v) is 2.44. The summed E-state index contributed by atoms with van der Waals surface area (Å²) >= 11 is 5.76. The molecule has 0 aliphatic heterocycles. The molecule has 1 rings (SSSR count). The minimum atomic E-state index is 0.304. The Morgan fingerprint density at radius 3 is 2.92 bits per heavy atom. The molecular weight excluding hydrogens is 176 g/mol. The summed E-state index contributed by atoms with van der Waals surface area (Å²) in [5.41, 5.74) is 0.896. The summed E-state index contributed by atoms with van der Waals surface area (Å²) in [6.45, 7) is 0. The van der Waals surface area contributed by atoms with Crippen molar-refractivity contribution in [3.63, 3.8) is 0 Å². The van der Waals surface area contributed by atoms with Gasteiger partial charge >= 0.3 is 0 Å². The van der Waals surface area contributed by atoms with Crippen molar-refractivity contribution in [2.45, 2.75) is 0 Å². The normalized spacial score (nSPS) is 10.0. The first-order chi connectivity index (χ1) is 5.79. The van der Waals surface area contributed by atoms with Gasteiger partial charge in [-0.25, -0.2) is 0 Å². The van der Waals surface area contributed by atoms with Gasteiger partial charge in [0, 0.05) is 5.56 Å². The molecule has 0 radical (unpaired) electrons. The van der Waals surface area contributed by atoms with E-state index in [0.29, 0.717) is 16.1 Å². The van der Waals surface area contributed by atoms with Gasteiger partial charge in [0.15, 0.2) is 0 Å². The quantitative estimate of drug-likeness (QED) is 0.408. The van der Waals surface area contributed by atoms with Crippen LogP contribution < -0.4 is 0 Å². The Bertz CT molecular complexity index is 355. The molecule has 0 saturated heterocycles. The lowest BCUT2D eigenvalue weighted by molar-refractivity contribution is 0.322. The lowest BCUT2D eigenvalue weighted by atomic mass is 10.1. The zero-order valence-corrected chi connectivity index (χ0v) is 6.78. The van der Waals surface area contributed by atoms with E-state index in [4.69, 9.17) is 22.1 Å². The number of halogens is 1. The molecule has 0 aliphatic carbocycles. The van der Waals surface area contributed by atoms with Crippen LogP contribution in [0.25, 0.3) is 0 Å². The molecule has 0 unspecified atom stereocenters. The van der Waals surface area contributed by atoms with E-state index >= 15 is 0 Å². The van der Waals surface area contributed by atoms with Crippen molar-refractivity contribution in [3.8, 4) is 6.07 Å². The fourth-order valence-electron chi connectivity index (χ4n) is 0.798. The van der Waals surface area contributed by atoms with Gasteiger partial charge in [0.05, 0.1) is 16.8 Å². The molecule has 12 heavy (non-hydrogen) atoms. The molecule has 1 aromatic carbocycles. The number of hydrogen-bond donors (Lipinski definition) is 1. The van der Waals surface area contributed by atoms with Crippen LogP contribution in [0.15, 0.2) is 23.4 Å². The number of hydrogen-bond acceptors (Lipinski definition) is 3. The summed E-state index contributed by atoms with van der Waals surface area (Å²) in [6, 6.07) is 6.84. The third kappa shape index (κ3) is 1.55. The molecule has 0 atom stereocenters. The number of nitriles is 1. The molecule has 4 heteroatoms. The summed E-state index contributed by atoms with van der Waals surface area (Å²) in [5, 5.41) is 19.9. The number of oxime groups is 1. The van der Waals surface area contributed by atoms with E-state index in [1.807, 2.05) is 6.07 Å². The van der Waals surface area contributed by atoms with Gasteiger partial charge in [-0.2, -0.15) is 5.26 Å². The van der Waals surface area contributed by atoms with E-state index in [2.05, 4.69) is 5.16 Å². The number of rotatable bonds is 1. The molecule has 1 aromatic rings. The highest BCUT2D eigenvalue weighted by atomic mass is 35.5. The standard InChI is InChI=1S/C8H5ClN2O/c9-8-6(4-10)2-1-3-7(8)5-11-12/h1-3,5,12H. The monoisotopic (exact) mass is 180 g/mol. The second-order valence-electron chi connectivity index (χ2n) is 2.07. The van der Waals surface area contributed by atoms with Crippen LogP contribution in [0.4, 0.5) is 0 Å². The van der Waals surface area contributed by atoms with E-state index in [1.165, 1.54) is 6.21 Å². The molecule has 0 aliphatic rings. The molecule has 0 heterocycles.